The van der Waals surface area contributed by atoms with Crippen molar-refractivity contribution in [2.45, 2.75) is 33.2 Å². The van der Waals surface area contributed by atoms with Gasteiger partial charge in [-0.05, 0) is 40.0 Å². The Bertz CT molecular complexity index is 460. The minimum atomic E-state index is 0.571. The van der Waals surface area contributed by atoms with Crippen molar-refractivity contribution in [3.63, 3.8) is 0 Å². The fraction of sp³-hybridized carbons (Fsp3) is 0.417. The van der Waals surface area contributed by atoms with Crippen molar-refractivity contribution in [1.29, 1.82) is 0 Å². The van der Waals surface area contributed by atoms with Crippen molar-refractivity contribution >= 4 is 0 Å². The third kappa shape index (κ3) is 2.27. The van der Waals surface area contributed by atoms with E-state index in [4.69, 9.17) is 0 Å². The molecule has 0 radical (unpaired) electrons. The number of rotatable bonds is 3. The van der Waals surface area contributed by atoms with E-state index < -0.39 is 0 Å². The molecule has 0 saturated heterocycles. The summed E-state index contributed by atoms with van der Waals surface area (Å²) in [4.78, 5) is 0. The van der Waals surface area contributed by atoms with Gasteiger partial charge in [-0.25, -0.2) is 4.68 Å². The van der Waals surface area contributed by atoms with Crippen LogP contribution in [0.1, 0.15) is 36.5 Å². The Hall–Kier alpha value is -1.71. The largest absolute Gasteiger partial charge is 0.228 e. The van der Waals surface area contributed by atoms with E-state index in [1.807, 2.05) is 0 Å². The topological polar surface area (TPSA) is 43.6 Å². The summed E-state index contributed by atoms with van der Waals surface area (Å²) >= 11 is 0. The number of benzene rings is 1. The van der Waals surface area contributed by atoms with Crippen molar-refractivity contribution in [3.05, 3.63) is 41.2 Å². The lowest BCUT2D eigenvalue weighted by Crippen LogP contribution is -2.02. The molecule has 0 N–H and O–H groups in total. The monoisotopic (exact) mass is 216 g/mol. The van der Waals surface area contributed by atoms with Gasteiger partial charge in [-0.1, -0.05) is 32.0 Å². The van der Waals surface area contributed by atoms with Crippen LogP contribution >= 0.6 is 0 Å². The van der Waals surface area contributed by atoms with Crippen LogP contribution in [0.2, 0.25) is 0 Å². The first-order valence-corrected chi connectivity index (χ1v) is 5.47. The highest BCUT2D eigenvalue weighted by Crippen LogP contribution is 2.20. The van der Waals surface area contributed by atoms with Crippen LogP contribution in [0.15, 0.2) is 24.5 Å². The summed E-state index contributed by atoms with van der Waals surface area (Å²) in [6.45, 7) is 7.30. The van der Waals surface area contributed by atoms with E-state index in [9.17, 15) is 0 Å². The van der Waals surface area contributed by atoms with Crippen LogP contribution in [-0.4, -0.2) is 20.2 Å². The summed E-state index contributed by atoms with van der Waals surface area (Å²) in [5, 5.41) is 11.1. The summed E-state index contributed by atoms with van der Waals surface area (Å²) < 4.78 is 1.73. The standard InChI is InChI=1S/C12H16N4/c1-9(2)12-5-4-11(6-10(12)3)7-16-8-13-14-15-16/h4-6,8-9H,7H2,1-3H3. The minimum absolute atomic E-state index is 0.571. The van der Waals surface area contributed by atoms with Crippen molar-refractivity contribution in [2.75, 3.05) is 0 Å². The molecule has 0 atom stereocenters. The van der Waals surface area contributed by atoms with Gasteiger partial charge in [-0.3, -0.25) is 0 Å². The molecule has 0 bridgehead atoms. The second-order valence-corrected chi connectivity index (χ2v) is 4.35. The first-order valence-electron chi connectivity index (χ1n) is 5.47. The van der Waals surface area contributed by atoms with Gasteiger partial charge in [0.05, 0.1) is 6.54 Å². The average Bonchev–Trinajstić information content (AvgIpc) is 2.70. The quantitative estimate of drug-likeness (QED) is 0.789. The maximum atomic E-state index is 3.85. The maximum absolute atomic E-state index is 3.85. The number of aromatic nitrogens is 4. The van der Waals surface area contributed by atoms with Crippen molar-refractivity contribution < 1.29 is 0 Å². The van der Waals surface area contributed by atoms with E-state index in [-0.39, 0.29) is 0 Å². The van der Waals surface area contributed by atoms with Gasteiger partial charge in [-0.2, -0.15) is 0 Å². The van der Waals surface area contributed by atoms with Gasteiger partial charge in [0.1, 0.15) is 6.33 Å². The molecule has 0 aliphatic carbocycles. The van der Waals surface area contributed by atoms with Crippen LogP contribution in [-0.2, 0) is 6.54 Å². The molecule has 0 aliphatic heterocycles. The molecule has 0 aliphatic rings. The first kappa shape index (κ1) is 10.8. The predicted molar refractivity (Wildman–Crippen MR) is 62.2 cm³/mol. The molecule has 2 rings (SSSR count). The van der Waals surface area contributed by atoms with Crippen LogP contribution in [0.3, 0.4) is 0 Å². The molecule has 0 saturated carbocycles. The molecule has 4 nitrogen and oxygen atoms in total. The van der Waals surface area contributed by atoms with Crippen LogP contribution in [0.4, 0.5) is 0 Å². The number of aryl methyl sites for hydroxylation is 1. The van der Waals surface area contributed by atoms with Gasteiger partial charge in [0.25, 0.3) is 0 Å². The zero-order valence-electron chi connectivity index (χ0n) is 9.88. The van der Waals surface area contributed by atoms with Crippen LogP contribution < -0.4 is 0 Å². The number of hydrogen-bond acceptors (Lipinski definition) is 3. The maximum Gasteiger partial charge on any atom is 0.138 e. The molecule has 4 heteroatoms. The predicted octanol–water partition coefficient (Wildman–Crippen LogP) is 2.15. The molecule has 0 unspecified atom stereocenters. The Morgan fingerprint density at radius 3 is 2.69 bits per heavy atom. The number of nitrogens with zero attached hydrogens (tertiary/aromatic N) is 4. The molecule has 1 heterocycles. The lowest BCUT2D eigenvalue weighted by atomic mass is 9.96. The number of tetrazole rings is 1. The van der Waals surface area contributed by atoms with E-state index >= 15 is 0 Å². The third-order valence-corrected chi connectivity index (χ3v) is 2.69. The zero-order chi connectivity index (χ0) is 11.5. The molecule has 16 heavy (non-hydrogen) atoms. The van der Waals surface area contributed by atoms with Gasteiger partial charge in [0.2, 0.25) is 0 Å². The molecule has 1 aromatic carbocycles. The average molecular weight is 216 g/mol. The van der Waals surface area contributed by atoms with E-state index in [1.54, 1.807) is 11.0 Å². The van der Waals surface area contributed by atoms with Gasteiger partial charge < -0.3 is 0 Å². The lowest BCUT2D eigenvalue weighted by molar-refractivity contribution is 0.647. The molecular weight excluding hydrogens is 200 g/mol. The van der Waals surface area contributed by atoms with Crippen molar-refractivity contribution in [3.8, 4) is 0 Å². The molecule has 1 aromatic heterocycles. The minimum Gasteiger partial charge on any atom is -0.228 e. The van der Waals surface area contributed by atoms with Gasteiger partial charge in [0, 0.05) is 0 Å². The molecule has 0 fully saturated rings. The zero-order valence-corrected chi connectivity index (χ0v) is 9.88. The van der Waals surface area contributed by atoms with Crippen LogP contribution in [0.25, 0.3) is 0 Å². The SMILES string of the molecule is Cc1cc(Cn2cnnn2)ccc1C(C)C. The first-order chi connectivity index (χ1) is 7.66. The van der Waals surface area contributed by atoms with Crippen molar-refractivity contribution in [2.24, 2.45) is 0 Å². The van der Waals surface area contributed by atoms with Gasteiger partial charge in [0.15, 0.2) is 0 Å². The summed E-state index contributed by atoms with van der Waals surface area (Å²) in [7, 11) is 0. The summed E-state index contributed by atoms with van der Waals surface area (Å²) in [5.74, 6) is 0.571. The Kier molecular flexibility index (Phi) is 2.99. The summed E-state index contributed by atoms with van der Waals surface area (Å²) in [6.07, 6.45) is 1.63. The Labute approximate surface area is 95.3 Å². The molecule has 0 spiro atoms. The smallest absolute Gasteiger partial charge is 0.138 e. The third-order valence-electron chi connectivity index (χ3n) is 2.69. The summed E-state index contributed by atoms with van der Waals surface area (Å²) in [5.41, 5.74) is 3.97. The molecular formula is C12H16N4. The highest BCUT2D eigenvalue weighted by molar-refractivity contribution is 5.33. The normalized spacial score (nSPS) is 11.0. The van der Waals surface area contributed by atoms with Gasteiger partial charge >= 0.3 is 0 Å². The highest BCUT2D eigenvalue weighted by atomic mass is 15.5. The molecule has 0 amide bonds. The molecule has 84 valence electrons. The van der Waals surface area contributed by atoms with Crippen LogP contribution in [0, 0.1) is 6.92 Å². The Morgan fingerprint density at radius 2 is 2.12 bits per heavy atom. The Morgan fingerprint density at radius 1 is 1.31 bits per heavy atom. The summed E-state index contributed by atoms with van der Waals surface area (Å²) in [6, 6.07) is 6.54. The Balaban J connectivity index is 2.21. The van der Waals surface area contributed by atoms with Gasteiger partial charge in [-0.15, -0.1) is 5.10 Å². The molecule has 2 aromatic rings. The van der Waals surface area contributed by atoms with E-state index in [1.165, 1.54) is 16.7 Å². The van der Waals surface area contributed by atoms with E-state index in [2.05, 4.69) is 54.5 Å². The van der Waals surface area contributed by atoms with E-state index in [0.29, 0.717) is 5.92 Å². The lowest BCUT2D eigenvalue weighted by Gasteiger charge is -2.11. The second kappa shape index (κ2) is 4.43. The fourth-order valence-electron chi connectivity index (χ4n) is 1.92. The number of hydrogen-bond donors (Lipinski definition) is 0. The second-order valence-electron chi connectivity index (χ2n) is 4.35. The fourth-order valence-corrected chi connectivity index (χ4v) is 1.92. The van der Waals surface area contributed by atoms with E-state index in [0.717, 1.165) is 6.54 Å². The van der Waals surface area contributed by atoms with Crippen LogP contribution in [0.5, 0.6) is 0 Å². The van der Waals surface area contributed by atoms with Crippen molar-refractivity contribution in [1.82, 2.24) is 20.2 Å². The highest BCUT2D eigenvalue weighted by Gasteiger charge is 2.04.